The molecule has 0 saturated carbocycles. The van der Waals surface area contributed by atoms with E-state index in [4.69, 9.17) is 10.8 Å². The van der Waals surface area contributed by atoms with Crippen LogP contribution in [0.2, 0.25) is 19.6 Å². The van der Waals surface area contributed by atoms with E-state index in [1.165, 1.54) is 10.8 Å². The molecule has 8 aromatic rings. The van der Waals surface area contributed by atoms with Gasteiger partial charge in [0.05, 0.1) is 30.5 Å². The molecule has 0 amide bonds. The molecule has 3 heterocycles. The van der Waals surface area contributed by atoms with Crippen molar-refractivity contribution in [2.75, 3.05) is 0 Å². The van der Waals surface area contributed by atoms with E-state index in [9.17, 15) is 0 Å². The number of imidazole rings is 1. The number of furan rings is 1. The molecule has 3 aromatic heterocycles. The monoisotopic (exact) mass is 835 g/mol. The van der Waals surface area contributed by atoms with Crippen LogP contribution in [0.15, 0.2) is 132 Å². The van der Waals surface area contributed by atoms with Crippen LogP contribution in [0.4, 0.5) is 0 Å². The number of hydrogen-bond acceptors (Lipinski definition) is 3. The minimum Gasteiger partial charge on any atom is -0.501 e. The van der Waals surface area contributed by atoms with Gasteiger partial charge in [0.1, 0.15) is 5.58 Å². The van der Waals surface area contributed by atoms with Gasteiger partial charge in [0, 0.05) is 39.6 Å². The molecule has 0 spiro atoms. The molecule has 8 rings (SSSR count). The first-order chi connectivity index (χ1) is 23.6. The molecule has 0 aliphatic rings. The van der Waals surface area contributed by atoms with Crippen LogP contribution in [-0.2, 0) is 26.7 Å². The summed E-state index contributed by atoms with van der Waals surface area (Å²) in [4.78, 5) is 9.53. The molecule has 4 nitrogen and oxygen atoms in total. The summed E-state index contributed by atoms with van der Waals surface area (Å²) in [6.07, 6.45) is 2.00. The Morgan fingerprint density at radius 3 is 2.29 bits per heavy atom. The Labute approximate surface area is 304 Å². The van der Waals surface area contributed by atoms with Gasteiger partial charge in [-0.15, -0.1) is 53.6 Å². The van der Waals surface area contributed by atoms with E-state index in [0.29, 0.717) is 0 Å². The average Bonchev–Trinajstić information content (AvgIpc) is 3.67. The summed E-state index contributed by atoms with van der Waals surface area (Å²) in [5, 5.41) is 3.57. The van der Waals surface area contributed by atoms with Crippen molar-refractivity contribution >= 4 is 46.2 Å². The number of benzene rings is 5. The van der Waals surface area contributed by atoms with Crippen molar-refractivity contribution in [3.05, 3.63) is 151 Å². The Bertz CT molecular complexity index is 2310. The van der Waals surface area contributed by atoms with Gasteiger partial charge in [-0.2, -0.15) is 0 Å². The molecule has 0 fully saturated rings. The van der Waals surface area contributed by atoms with Crippen LogP contribution in [0.1, 0.15) is 32.2 Å². The van der Waals surface area contributed by atoms with Crippen LogP contribution in [0.5, 0.6) is 0 Å². The van der Waals surface area contributed by atoms with Crippen LogP contribution < -0.4 is 5.19 Å². The topological polar surface area (TPSA) is 43.9 Å². The summed E-state index contributed by atoms with van der Waals surface area (Å²) in [7, 11) is -1.29. The van der Waals surface area contributed by atoms with Gasteiger partial charge in [0.15, 0.2) is 0 Å². The van der Waals surface area contributed by atoms with E-state index >= 15 is 0 Å². The second kappa shape index (κ2) is 14.5. The minimum atomic E-state index is -1.29. The number of nitrogens with zero attached hydrogens (tertiary/aromatic N) is 3. The second-order valence-corrected chi connectivity index (χ2v) is 18.4. The summed E-state index contributed by atoms with van der Waals surface area (Å²) in [5.41, 5.74) is 8.82. The fourth-order valence-corrected chi connectivity index (χ4v) is 6.98. The van der Waals surface area contributed by atoms with Crippen molar-refractivity contribution < 1.29 is 25.9 Å². The van der Waals surface area contributed by atoms with E-state index in [-0.39, 0.29) is 20.1 Å². The molecule has 0 bridgehead atoms. The maximum absolute atomic E-state index is 8.01. The molecule has 5 aromatic carbocycles. The van der Waals surface area contributed by atoms with E-state index in [0.717, 1.165) is 67.7 Å². The predicted molar refractivity (Wildman–Crippen MR) is 202 cm³/mol. The number of fused-ring (bicyclic) bond motifs is 4. The molecular weight excluding hydrogens is 795 g/mol. The molecule has 0 atom stereocenters. The molecule has 0 N–H and O–H groups in total. The molecule has 0 aliphatic heterocycles. The molecule has 49 heavy (non-hydrogen) atoms. The number of pyridine rings is 1. The Morgan fingerprint density at radius 2 is 1.57 bits per heavy atom. The summed E-state index contributed by atoms with van der Waals surface area (Å²) >= 11 is 0. The SMILES string of the molecule is [2H]C(C)(C)c1c[c-]c(-c2ccc([Si](C)(C)C)cn2)cc1.[Ir].[c-]1ccc2c(oc3ccccc32)c1-c1nc2ccccc2n1Cc1ccccc1. The zero-order valence-corrected chi connectivity index (χ0v) is 31.8. The van der Waals surface area contributed by atoms with Gasteiger partial charge in [0.2, 0.25) is 0 Å². The molecule has 247 valence electrons. The molecule has 0 aliphatic carbocycles. The normalized spacial score (nSPS) is 12.0. The van der Waals surface area contributed by atoms with Gasteiger partial charge in [0.25, 0.3) is 0 Å². The first-order valence-corrected chi connectivity index (χ1v) is 19.9. The van der Waals surface area contributed by atoms with Gasteiger partial charge >= 0.3 is 0 Å². The summed E-state index contributed by atoms with van der Waals surface area (Å²) < 4.78 is 16.5. The van der Waals surface area contributed by atoms with Crippen LogP contribution >= 0.6 is 0 Å². The fourth-order valence-electron chi connectivity index (χ4n) is 5.94. The molecule has 6 heteroatoms. The fraction of sp³-hybridized carbons (Fsp3) is 0.163. The predicted octanol–water partition coefficient (Wildman–Crippen LogP) is 10.7. The summed E-state index contributed by atoms with van der Waals surface area (Å²) in [6, 6.07) is 47.7. The number of para-hydroxylation sites is 3. The second-order valence-electron chi connectivity index (χ2n) is 13.4. The zero-order valence-electron chi connectivity index (χ0n) is 29.4. The maximum atomic E-state index is 8.01. The van der Waals surface area contributed by atoms with Crippen LogP contribution in [-0.4, -0.2) is 22.6 Å². The van der Waals surface area contributed by atoms with Gasteiger partial charge < -0.3 is 14.0 Å². The van der Waals surface area contributed by atoms with Gasteiger partial charge in [-0.05, 0) is 34.6 Å². The van der Waals surface area contributed by atoms with Crippen molar-refractivity contribution in [1.82, 2.24) is 14.5 Å². The van der Waals surface area contributed by atoms with Crippen molar-refractivity contribution in [2.24, 2.45) is 0 Å². The van der Waals surface area contributed by atoms with E-state index < -0.39 is 14.0 Å². The van der Waals surface area contributed by atoms with Crippen molar-refractivity contribution in [1.29, 1.82) is 0 Å². The third-order valence-corrected chi connectivity index (χ3v) is 10.7. The molecule has 0 saturated heterocycles. The van der Waals surface area contributed by atoms with Crippen molar-refractivity contribution in [3.63, 3.8) is 0 Å². The van der Waals surface area contributed by atoms with Gasteiger partial charge in [-0.1, -0.05) is 123 Å². The Hall–Kier alpha value is -4.61. The average molecular weight is 835 g/mol. The first kappa shape index (κ1) is 32.9. The third-order valence-electron chi connectivity index (χ3n) is 8.70. The van der Waals surface area contributed by atoms with Gasteiger partial charge in [-0.3, -0.25) is 4.98 Å². The van der Waals surface area contributed by atoms with E-state index in [2.05, 4.69) is 108 Å². The van der Waals surface area contributed by atoms with E-state index in [1.54, 1.807) is 0 Å². The first-order valence-electron chi connectivity index (χ1n) is 16.9. The van der Waals surface area contributed by atoms with Crippen molar-refractivity contribution in [3.8, 4) is 22.6 Å². The Kier molecular flexibility index (Phi) is 9.72. The van der Waals surface area contributed by atoms with Gasteiger partial charge in [-0.25, -0.2) is 0 Å². The largest absolute Gasteiger partial charge is 0.501 e. The smallest absolute Gasteiger partial charge is 0.120 e. The van der Waals surface area contributed by atoms with Crippen molar-refractivity contribution in [2.45, 2.75) is 45.9 Å². The number of hydrogen-bond donors (Lipinski definition) is 0. The molecule has 1 radical (unpaired) electrons. The van der Waals surface area contributed by atoms with Crippen LogP contribution in [0, 0.1) is 12.1 Å². The molecular formula is C43H39IrN3OSi-2. The Morgan fingerprint density at radius 1 is 0.816 bits per heavy atom. The standard InChI is InChI=1S/C26H17N2O.C17H22NSi.Ir/c1-2-9-18(10-3-1)17-28-23-15-6-5-14-22(23)27-26(28)21-13-8-12-20-19-11-4-7-16-24(19)29-25(20)21;1-13(2)14-6-8-15(9-7-14)17-11-10-16(12-18-17)19(3,4)5;/h1-12,14-16H,17H2;6-8,10-13H,1-5H3;/q2*-1;/i;13D;. The minimum absolute atomic E-state index is 0. The van der Waals surface area contributed by atoms with Crippen LogP contribution in [0.3, 0.4) is 0 Å². The maximum Gasteiger partial charge on any atom is 0.120 e. The summed E-state index contributed by atoms with van der Waals surface area (Å²) in [6.45, 7) is 11.5. The zero-order chi connectivity index (χ0) is 34.2. The number of aromatic nitrogens is 3. The Balaban J connectivity index is 0.000000182. The summed E-state index contributed by atoms with van der Waals surface area (Å²) in [5.74, 6) is 0.296. The van der Waals surface area contributed by atoms with E-state index in [1.807, 2.05) is 74.6 Å². The number of rotatable bonds is 6. The van der Waals surface area contributed by atoms with Crippen LogP contribution in [0.25, 0.3) is 55.6 Å². The third kappa shape index (κ3) is 7.23. The quantitative estimate of drug-likeness (QED) is 0.124. The molecule has 0 unspecified atom stereocenters.